The van der Waals surface area contributed by atoms with E-state index >= 15 is 0 Å². The van der Waals surface area contributed by atoms with Gasteiger partial charge in [-0.2, -0.15) is 9.97 Å². The van der Waals surface area contributed by atoms with E-state index in [1.165, 1.54) is 0 Å². The van der Waals surface area contributed by atoms with Crippen molar-refractivity contribution in [3.8, 4) is 11.8 Å². The smallest absolute Gasteiger partial charge is 0.244 e. The summed E-state index contributed by atoms with van der Waals surface area (Å²) in [7, 11) is 0. The van der Waals surface area contributed by atoms with Crippen LogP contribution in [0, 0.1) is 0 Å². The number of carbonyl (C=O) groups is 1. The maximum Gasteiger partial charge on any atom is 0.244 e. The van der Waals surface area contributed by atoms with Crippen LogP contribution in [0.15, 0.2) is 17.5 Å². The molecule has 0 unspecified atom stereocenters. The average Bonchev–Trinajstić information content (AvgIpc) is 2.84. The highest BCUT2D eigenvalue weighted by Gasteiger charge is 2.15. The fraction of sp³-hybridized carbons (Fsp3) is 0.182. The van der Waals surface area contributed by atoms with E-state index in [2.05, 4.69) is 15.3 Å². The lowest BCUT2D eigenvalue weighted by molar-refractivity contribution is -0.116. The second-order valence-electron chi connectivity index (χ2n) is 3.73. The molecule has 5 N–H and O–H groups in total. The van der Waals surface area contributed by atoms with Crippen molar-refractivity contribution in [3.63, 3.8) is 0 Å². The molecule has 100 valence electrons. The molecule has 1 amide bonds. The van der Waals surface area contributed by atoms with Gasteiger partial charge in [0.2, 0.25) is 23.6 Å². The lowest BCUT2D eigenvalue weighted by Gasteiger charge is -2.07. The van der Waals surface area contributed by atoms with Crippen LogP contribution >= 0.6 is 11.3 Å². The first kappa shape index (κ1) is 13.1. The standard InChI is InChI=1S/C11H12N4O3S/c12-11-14-9(17)8(10(18)15-11)13-7(16)4-3-6-2-1-5-19-6/h1-2,5H,3-4H2,(H,13,16)(H4,12,14,15,17,18). The minimum absolute atomic E-state index is 0.226. The fourth-order valence-electron chi connectivity index (χ4n) is 1.46. The number of anilines is 2. The third kappa shape index (κ3) is 3.32. The van der Waals surface area contributed by atoms with Crippen LogP contribution < -0.4 is 11.1 Å². The predicted octanol–water partition coefficient (Wildman–Crippen LogP) is 1.10. The van der Waals surface area contributed by atoms with E-state index in [-0.39, 0.29) is 24.0 Å². The Morgan fingerprint density at radius 2 is 2.05 bits per heavy atom. The van der Waals surface area contributed by atoms with E-state index in [0.717, 1.165) is 4.88 Å². The highest BCUT2D eigenvalue weighted by Crippen LogP contribution is 2.29. The van der Waals surface area contributed by atoms with Crippen molar-refractivity contribution in [1.82, 2.24) is 9.97 Å². The molecule has 0 radical (unpaired) electrons. The van der Waals surface area contributed by atoms with Crippen LogP contribution in [0.25, 0.3) is 0 Å². The van der Waals surface area contributed by atoms with Gasteiger partial charge in [-0.1, -0.05) is 6.07 Å². The van der Waals surface area contributed by atoms with Crippen LogP contribution in [-0.4, -0.2) is 26.1 Å². The number of hydrogen-bond acceptors (Lipinski definition) is 7. The number of rotatable bonds is 4. The van der Waals surface area contributed by atoms with Crippen molar-refractivity contribution in [2.75, 3.05) is 11.1 Å². The maximum absolute atomic E-state index is 11.7. The monoisotopic (exact) mass is 280 g/mol. The molecule has 0 atom stereocenters. The summed E-state index contributed by atoms with van der Waals surface area (Å²) < 4.78 is 0. The Kier molecular flexibility index (Phi) is 3.81. The summed E-state index contributed by atoms with van der Waals surface area (Å²) in [6, 6.07) is 3.84. The van der Waals surface area contributed by atoms with Gasteiger partial charge in [-0.05, 0) is 17.9 Å². The summed E-state index contributed by atoms with van der Waals surface area (Å²) in [5.74, 6) is -1.75. The van der Waals surface area contributed by atoms with E-state index in [1.807, 2.05) is 17.5 Å². The van der Waals surface area contributed by atoms with Gasteiger partial charge in [0.25, 0.3) is 0 Å². The Morgan fingerprint density at radius 3 is 2.63 bits per heavy atom. The van der Waals surface area contributed by atoms with Crippen molar-refractivity contribution in [3.05, 3.63) is 22.4 Å². The third-order valence-electron chi connectivity index (χ3n) is 2.33. The van der Waals surface area contributed by atoms with Crippen molar-refractivity contribution in [2.24, 2.45) is 0 Å². The van der Waals surface area contributed by atoms with Gasteiger partial charge >= 0.3 is 0 Å². The zero-order valence-electron chi connectivity index (χ0n) is 9.83. The number of thiophene rings is 1. The molecule has 0 bridgehead atoms. The molecule has 2 aromatic heterocycles. The summed E-state index contributed by atoms with van der Waals surface area (Å²) in [6.45, 7) is 0. The summed E-state index contributed by atoms with van der Waals surface area (Å²) in [5, 5.41) is 23.2. The molecule has 2 aromatic rings. The molecule has 0 saturated heterocycles. The number of carbonyl (C=O) groups excluding carboxylic acids is 1. The molecular formula is C11H12N4O3S. The van der Waals surface area contributed by atoms with E-state index in [1.54, 1.807) is 11.3 Å². The third-order valence-corrected chi connectivity index (χ3v) is 3.27. The largest absolute Gasteiger partial charge is 0.492 e. The normalized spacial score (nSPS) is 10.3. The quantitative estimate of drug-likeness (QED) is 0.665. The van der Waals surface area contributed by atoms with Crippen molar-refractivity contribution in [2.45, 2.75) is 12.8 Å². The fourth-order valence-corrected chi connectivity index (χ4v) is 2.17. The Balaban J connectivity index is 1.99. The number of nitrogen functional groups attached to an aromatic ring is 1. The first-order valence-corrected chi connectivity index (χ1v) is 6.32. The Morgan fingerprint density at radius 1 is 1.37 bits per heavy atom. The highest BCUT2D eigenvalue weighted by atomic mass is 32.1. The van der Waals surface area contributed by atoms with Gasteiger partial charge in [-0.15, -0.1) is 11.3 Å². The first-order valence-electron chi connectivity index (χ1n) is 5.44. The Bertz CT molecular complexity index is 563. The number of aromatic nitrogens is 2. The van der Waals surface area contributed by atoms with Crippen LogP contribution in [0.4, 0.5) is 11.6 Å². The number of aryl methyl sites for hydroxylation is 1. The molecule has 7 nitrogen and oxygen atoms in total. The van der Waals surface area contributed by atoms with Gasteiger partial charge in [0.05, 0.1) is 0 Å². The second kappa shape index (κ2) is 5.53. The zero-order valence-corrected chi connectivity index (χ0v) is 10.6. The van der Waals surface area contributed by atoms with Crippen molar-refractivity contribution < 1.29 is 15.0 Å². The lowest BCUT2D eigenvalue weighted by Crippen LogP contribution is -2.13. The van der Waals surface area contributed by atoms with Gasteiger partial charge in [0, 0.05) is 11.3 Å². The number of nitrogens with zero attached hydrogens (tertiary/aromatic N) is 2. The van der Waals surface area contributed by atoms with E-state index in [9.17, 15) is 15.0 Å². The zero-order chi connectivity index (χ0) is 13.8. The molecule has 0 aliphatic carbocycles. The molecule has 0 spiro atoms. The van der Waals surface area contributed by atoms with E-state index in [0.29, 0.717) is 6.42 Å². The Hall–Kier alpha value is -2.35. The minimum Gasteiger partial charge on any atom is -0.492 e. The molecule has 8 heteroatoms. The maximum atomic E-state index is 11.7. The van der Waals surface area contributed by atoms with Crippen molar-refractivity contribution in [1.29, 1.82) is 0 Å². The predicted molar refractivity (Wildman–Crippen MR) is 71.0 cm³/mol. The minimum atomic E-state index is -0.561. The first-order chi connectivity index (χ1) is 9.06. The summed E-state index contributed by atoms with van der Waals surface area (Å²) >= 11 is 1.56. The van der Waals surface area contributed by atoms with Gasteiger partial charge in [0.15, 0.2) is 5.69 Å². The van der Waals surface area contributed by atoms with Gasteiger partial charge in [0.1, 0.15) is 0 Å². The number of aromatic hydroxyl groups is 2. The van der Waals surface area contributed by atoms with Crippen LogP contribution in [-0.2, 0) is 11.2 Å². The highest BCUT2D eigenvalue weighted by molar-refractivity contribution is 7.09. The molecule has 0 saturated carbocycles. The van der Waals surface area contributed by atoms with E-state index in [4.69, 9.17) is 5.73 Å². The average molecular weight is 280 g/mol. The van der Waals surface area contributed by atoms with Crippen LogP contribution in [0.2, 0.25) is 0 Å². The van der Waals surface area contributed by atoms with Crippen LogP contribution in [0.5, 0.6) is 11.8 Å². The van der Waals surface area contributed by atoms with E-state index < -0.39 is 11.8 Å². The van der Waals surface area contributed by atoms with Gasteiger partial charge in [-0.25, -0.2) is 0 Å². The topological polar surface area (TPSA) is 121 Å². The Labute approximate surface area is 112 Å². The molecule has 2 rings (SSSR count). The molecular weight excluding hydrogens is 268 g/mol. The lowest BCUT2D eigenvalue weighted by atomic mass is 10.2. The summed E-state index contributed by atoms with van der Waals surface area (Å²) in [5.41, 5.74) is 5.00. The molecule has 2 heterocycles. The molecule has 0 aromatic carbocycles. The molecule has 0 aliphatic rings. The molecule has 0 fully saturated rings. The van der Waals surface area contributed by atoms with Gasteiger partial charge in [-0.3, -0.25) is 4.79 Å². The van der Waals surface area contributed by atoms with Gasteiger partial charge < -0.3 is 21.3 Å². The SMILES string of the molecule is Nc1nc(O)c(NC(=O)CCc2cccs2)c(O)n1. The number of nitrogens with one attached hydrogen (secondary N) is 1. The summed E-state index contributed by atoms with van der Waals surface area (Å²) in [6.07, 6.45) is 0.810. The van der Waals surface area contributed by atoms with Crippen molar-refractivity contribution >= 4 is 28.9 Å². The summed E-state index contributed by atoms with van der Waals surface area (Å²) in [4.78, 5) is 19.7. The van der Waals surface area contributed by atoms with Crippen LogP contribution in [0.3, 0.4) is 0 Å². The molecule has 19 heavy (non-hydrogen) atoms. The number of hydrogen-bond donors (Lipinski definition) is 4. The molecule has 0 aliphatic heterocycles. The number of nitrogens with two attached hydrogens (primary N) is 1. The number of amides is 1. The van der Waals surface area contributed by atoms with Crippen LogP contribution in [0.1, 0.15) is 11.3 Å². The second-order valence-corrected chi connectivity index (χ2v) is 4.76.